The van der Waals surface area contributed by atoms with Crippen molar-refractivity contribution in [3.05, 3.63) is 0 Å². The van der Waals surface area contributed by atoms with Crippen LogP contribution in [0.15, 0.2) is 0 Å². The van der Waals surface area contributed by atoms with Gasteiger partial charge in [-0.25, -0.2) is 0 Å². The van der Waals surface area contributed by atoms with Crippen LogP contribution in [0.25, 0.3) is 0 Å². The Morgan fingerprint density at radius 2 is 1.23 bits per heavy atom. The molecule has 0 bridgehead atoms. The number of carbonyl (C=O) groups is 1. The minimum Gasteiger partial charge on any atom is -0.331 e. The van der Waals surface area contributed by atoms with E-state index < -0.39 is 7.60 Å². The quantitative estimate of drug-likeness (QED) is 0.0708. The van der Waals surface area contributed by atoms with Crippen molar-refractivity contribution < 1.29 is 23.3 Å². The second-order valence-electron chi connectivity index (χ2n) is 11.7. The van der Waals surface area contributed by atoms with E-state index in [-0.39, 0.29) is 24.5 Å². The van der Waals surface area contributed by atoms with E-state index in [9.17, 15) is 14.3 Å². The third-order valence-corrected chi connectivity index (χ3v) is 8.34. The number of unbranched alkanes of at least 4 members (excludes halogenated alkanes) is 14. The lowest BCUT2D eigenvalue weighted by Gasteiger charge is -2.24. The maximum atomic E-state index is 12.4. The first kappa shape index (κ1) is 34.8. The van der Waals surface area contributed by atoms with Crippen molar-refractivity contribution in [1.29, 1.82) is 0 Å². The Balaban J connectivity index is 3.91. The van der Waals surface area contributed by atoms with Crippen LogP contribution < -0.4 is 0 Å². The Kier molecular flexibility index (Phi) is 21.7. The summed E-state index contributed by atoms with van der Waals surface area (Å²) in [5, 5.41) is 0. The molecule has 0 fully saturated rings. The lowest BCUT2D eigenvalue weighted by atomic mass is 9.95. The van der Waals surface area contributed by atoms with E-state index in [0.29, 0.717) is 19.3 Å². The summed E-state index contributed by atoms with van der Waals surface area (Å²) < 4.78 is 18.7. The van der Waals surface area contributed by atoms with Crippen LogP contribution >= 0.6 is 7.60 Å². The number of hydrogen-bond donors (Lipinski definition) is 1. The summed E-state index contributed by atoms with van der Waals surface area (Å²) in [6.45, 7) is 5.22. The second-order valence-corrected chi connectivity index (χ2v) is 13.7. The molecule has 0 aliphatic heterocycles. The van der Waals surface area contributed by atoms with E-state index in [1.54, 1.807) is 0 Å². The molecule has 1 N–H and O–H groups in total. The van der Waals surface area contributed by atoms with Crippen molar-refractivity contribution in [2.75, 3.05) is 40.5 Å². The van der Waals surface area contributed by atoms with E-state index in [2.05, 4.69) is 28.1 Å². The Morgan fingerprint density at radius 1 is 0.771 bits per heavy atom. The van der Waals surface area contributed by atoms with Gasteiger partial charge in [-0.2, -0.15) is 0 Å². The van der Waals surface area contributed by atoms with Gasteiger partial charge in [-0.05, 0) is 12.3 Å². The summed E-state index contributed by atoms with van der Waals surface area (Å²) in [7, 11) is 2.65. The molecule has 2 atom stereocenters. The molecule has 0 aromatic rings. The molecule has 0 saturated carbocycles. The number of hydrogen-bond acceptors (Lipinski definition) is 3. The van der Waals surface area contributed by atoms with E-state index in [1.165, 1.54) is 89.9 Å². The fraction of sp³-hybridized carbons (Fsp3) is 0.966. The van der Waals surface area contributed by atoms with Crippen molar-refractivity contribution in [2.45, 2.75) is 136 Å². The molecule has 0 aromatic heterocycles. The molecular weight excluding hydrogens is 457 g/mol. The van der Waals surface area contributed by atoms with Crippen LogP contribution in [0, 0.1) is 5.92 Å². The zero-order valence-corrected chi connectivity index (χ0v) is 25.1. The first-order chi connectivity index (χ1) is 16.6. The molecule has 0 aliphatic carbocycles. The smallest absolute Gasteiger partial charge is 0.328 e. The lowest BCUT2D eigenvalue weighted by molar-refractivity contribution is -0.870. The van der Waals surface area contributed by atoms with Crippen LogP contribution in [-0.2, 0) is 13.9 Å². The van der Waals surface area contributed by atoms with Gasteiger partial charge in [0.05, 0.1) is 40.5 Å². The molecule has 2 unspecified atom stereocenters. The van der Waals surface area contributed by atoms with Crippen molar-refractivity contribution in [3.63, 3.8) is 0 Å². The molecule has 210 valence electrons. The summed E-state index contributed by atoms with van der Waals surface area (Å²) in [4.78, 5) is 22.2. The van der Waals surface area contributed by atoms with Crippen LogP contribution in [0.2, 0.25) is 0 Å². The van der Waals surface area contributed by atoms with Gasteiger partial charge in [0.2, 0.25) is 0 Å². The minimum atomic E-state index is -3.58. The van der Waals surface area contributed by atoms with Gasteiger partial charge in [0, 0.05) is 19.3 Å². The third kappa shape index (κ3) is 25.2. The lowest BCUT2D eigenvalue weighted by Crippen LogP contribution is -2.35. The van der Waals surface area contributed by atoms with Crippen LogP contribution in [0.5, 0.6) is 0 Å². The van der Waals surface area contributed by atoms with Crippen molar-refractivity contribution in [2.24, 2.45) is 5.92 Å². The van der Waals surface area contributed by atoms with Crippen LogP contribution in [0.3, 0.4) is 0 Å². The van der Waals surface area contributed by atoms with E-state index >= 15 is 0 Å². The normalized spacial score (nSPS) is 14.7. The van der Waals surface area contributed by atoms with Crippen LogP contribution in [0.4, 0.5) is 0 Å². The van der Waals surface area contributed by atoms with Gasteiger partial charge in [0.25, 0.3) is 0 Å². The molecule has 0 amide bonds. The van der Waals surface area contributed by atoms with E-state index in [1.807, 2.05) is 6.92 Å². The summed E-state index contributed by atoms with van der Waals surface area (Å²) in [6.07, 6.45) is 22.8. The standard InChI is InChI=1S/C29H60NO4P/c1-6-8-9-10-11-12-13-14-15-16-17-18-19-20-21-23-28(26-29(31)7-2)27-34-35(32,33)25-22-24-30(3,4)5/h28H,6-27H2,1-5H3/p+1. The minimum absolute atomic E-state index is 0.0586. The maximum absolute atomic E-state index is 12.4. The Hall–Kier alpha value is -0.220. The molecular formula is C29H61NO4P+. The van der Waals surface area contributed by atoms with E-state index in [0.717, 1.165) is 23.9 Å². The first-order valence-corrected chi connectivity index (χ1v) is 16.6. The van der Waals surface area contributed by atoms with Gasteiger partial charge in [0.15, 0.2) is 0 Å². The fourth-order valence-electron chi connectivity index (χ4n) is 4.55. The zero-order valence-electron chi connectivity index (χ0n) is 24.2. The molecule has 0 aliphatic rings. The fourth-order valence-corrected chi connectivity index (χ4v) is 5.66. The Bertz CT molecular complexity index is 547. The highest BCUT2D eigenvalue weighted by molar-refractivity contribution is 7.52. The molecule has 0 rings (SSSR count). The molecule has 0 heterocycles. The second kappa shape index (κ2) is 21.8. The van der Waals surface area contributed by atoms with Gasteiger partial charge >= 0.3 is 7.60 Å². The SMILES string of the molecule is CCCCCCCCCCCCCCCCCC(COP(=O)(O)CCC[N+](C)(C)C)CC(=O)CC. The number of carbonyl (C=O) groups excluding carboxylic acids is 1. The summed E-state index contributed by atoms with van der Waals surface area (Å²) in [5.41, 5.74) is 0. The Labute approximate surface area is 218 Å². The highest BCUT2D eigenvalue weighted by Crippen LogP contribution is 2.43. The van der Waals surface area contributed by atoms with Gasteiger partial charge in [-0.1, -0.05) is 110 Å². The molecule has 0 spiro atoms. The molecule has 6 heteroatoms. The van der Waals surface area contributed by atoms with E-state index in [4.69, 9.17) is 4.52 Å². The number of quaternary nitrogens is 1. The molecule has 35 heavy (non-hydrogen) atoms. The Morgan fingerprint density at radius 3 is 1.66 bits per heavy atom. The largest absolute Gasteiger partial charge is 0.331 e. The van der Waals surface area contributed by atoms with Crippen molar-refractivity contribution >= 4 is 13.4 Å². The van der Waals surface area contributed by atoms with Crippen LogP contribution in [-0.4, -0.2) is 55.6 Å². The number of nitrogens with zero attached hydrogens (tertiary/aromatic N) is 1. The predicted molar refractivity (Wildman–Crippen MR) is 151 cm³/mol. The van der Waals surface area contributed by atoms with Crippen molar-refractivity contribution in [3.8, 4) is 0 Å². The summed E-state index contributed by atoms with van der Waals surface area (Å²) in [5.74, 6) is 0.278. The maximum Gasteiger partial charge on any atom is 0.328 e. The molecule has 5 nitrogen and oxygen atoms in total. The summed E-state index contributed by atoms with van der Waals surface area (Å²) >= 11 is 0. The molecule has 0 radical (unpaired) electrons. The predicted octanol–water partition coefficient (Wildman–Crippen LogP) is 8.53. The van der Waals surface area contributed by atoms with Crippen molar-refractivity contribution in [1.82, 2.24) is 0 Å². The first-order valence-electron chi connectivity index (χ1n) is 14.9. The highest BCUT2D eigenvalue weighted by atomic mass is 31.2. The third-order valence-electron chi connectivity index (χ3n) is 6.91. The number of Topliss-reactive ketones (excluding diaryl/α,β-unsaturated/α-hetero) is 1. The highest BCUT2D eigenvalue weighted by Gasteiger charge is 2.23. The number of rotatable bonds is 26. The average Bonchev–Trinajstić information content (AvgIpc) is 2.78. The topological polar surface area (TPSA) is 63.6 Å². The monoisotopic (exact) mass is 518 g/mol. The van der Waals surface area contributed by atoms with Gasteiger partial charge in [-0.15, -0.1) is 0 Å². The number of ketones is 1. The van der Waals surface area contributed by atoms with Gasteiger partial charge in [-0.3, -0.25) is 9.36 Å². The van der Waals surface area contributed by atoms with Gasteiger partial charge in [0.1, 0.15) is 5.78 Å². The zero-order chi connectivity index (χ0) is 26.4. The molecule has 0 aromatic carbocycles. The molecule has 0 saturated heterocycles. The summed E-state index contributed by atoms with van der Waals surface area (Å²) in [6, 6.07) is 0. The average molecular weight is 519 g/mol. The van der Waals surface area contributed by atoms with Crippen LogP contribution in [0.1, 0.15) is 136 Å². The van der Waals surface area contributed by atoms with Gasteiger partial charge < -0.3 is 13.9 Å².